The van der Waals surface area contributed by atoms with Gasteiger partial charge in [0.05, 0.1) is 11.3 Å². The van der Waals surface area contributed by atoms with Crippen molar-refractivity contribution in [3.63, 3.8) is 0 Å². The lowest BCUT2D eigenvalue weighted by Gasteiger charge is -2.10. The molecular weight excluding hydrogens is 290 g/mol. The van der Waals surface area contributed by atoms with Crippen LogP contribution in [0, 0.1) is 23.3 Å². The number of rotatable bonds is 3. The third kappa shape index (κ3) is 2.95. The van der Waals surface area contributed by atoms with Crippen LogP contribution in [0.4, 0.5) is 28.9 Å². The van der Waals surface area contributed by atoms with E-state index in [1.807, 2.05) is 5.43 Å². The first-order valence-electron chi connectivity index (χ1n) is 5.65. The summed E-state index contributed by atoms with van der Waals surface area (Å²) in [6, 6.07) is 4.79. The van der Waals surface area contributed by atoms with Crippen molar-refractivity contribution in [3.05, 3.63) is 59.2 Å². The lowest BCUT2D eigenvalue weighted by atomic mass is 10.1. The molecule has 0 radical (unpaired) electrons. The Labute approximate surface area is 116 Å². The Bertz CT molecular complexity index is 683. The van der Waals surface area contributed by atoms with Crippen molar-refractivity contribution in [2.75, 3.05) is 10.7 Å². The Morgan fingerprint density at radius 3 is 2.19 bits per heavy atom. The zero-order chi connectivity index (χ0) is 15.6. The predicted octanol–water partition coefficient (Wildman–Crippen LogP) is 2.78. The summed E-state index contributed by atoms with van der Waals surface area (Å²) >= 11 is 0. The molecule has 2 aromatic rings. The molecule has 8 heteroatoms. The van der Waals surface area contributed by atoms with E-state index in [0.29, 0.717) is 12.1 Å². The molecular formula is C13H9F4N3O. The van der Waals surface area contributed by atoms with Crippen LogP contribution in [0.25, 0.3) is 0 Å². The van der Waals surface area contributed by atoms with E-state index in [1.54, 1.807) is 0 Å². The monoisotopic (exact) mass is 299 g/mol. The predicted molar refractivity (Wildman–Crippen MR) is 68.5 cm³/mol. The van der Waals surface area contributed by atoms with Crippen molar-refractivity contribution in [1.82, 2.24) is 0 Å². The van der Waals surface area contributed by atoms with Crippen LogP contribution in [0.2, 0.25) is 0 Å². The fraction of sp³-hybridized carbons (Fsp3) is 0. The Hall–Kier alpha value is -2.61. The summed E-state index contributed by atoms with van der Waals surface area (Å²) in [4.78, 5) is 11.9. The van der Waals surface area contributed by atoms with E-state index in [2.05, 4.69) is 5.32 Å². The molecule has 110 valence electrons. The number of anilines is 2. The second-order valence-corrected chi connectivity index (χ2v) is 4.01. The van der Waals surface area contributed by atoms with Gasteiger partial charge in [-0.05, 0) is 12.1 Å². The molecule has 0 saturated carbocycles. The fourth-order valence-corrected chi connectivity index (χ4v) is 1.69. The molecule has 0 fully saturated rings. The number of benzene rings is 2. The van der Waals surface area contributed by atoms with E-state index >= 15 is 0 Å². The summed E-state index contributed by atoms with van der Waals surface area (Å²) in [5.74, 6) is -1.10. The highest BCUT2D eigenvalue weighted by atomic mass is 19.2. The molecule has 0 unspecified atom stereocenters. The van der Waals surface area contributed by atoms with Crippen LogP contribution in [-0.2, 0) is 0 Å². The van der Waals surface area contributed by atoms with E-state index < -0.39 is 29.2 Å². The van der Waals surface area contributed by atoms with E-state index in [0.717, 1.165) is 6.07 Å². The Balaban J connectivity index is 2.33. The number of nitrogen functional groups attached to an aromatic ring is 1. The van der Waals surface area contributed by atoms with Gasteiger partial charge in [-0.2, -0.15) is 0 Å². The van der Waals surface area contributed by atoms with Gasteiger partial charge in [-0.15, -0.1) is 0 Å². The van der Waals surface area contributed by atoms with Gasteiger partial charge < -0.3 is 10.7 Å². The third-order valence-electron chi connectivity index (χ3n) is 2.64. The van der Waals surface area contributed by atoms with E-state index in [1.165, 1.54) is 12.1 Å². The van der Waals surface area contributed by atoms with Crippen molar-refractivity contribution in [2.24, 2.45) is 5.84 Å². The van der Waals surface area contributed by atoms with Crippen LogP contribution in [0.5, 0.6) is 0 Å². The van der Waals surface area contributed by atoms with Gasteiger partial charge in [0.15, 0.2) is 17.5 Å². The maximum atomic E-state index is 13.4. The SMILES string of the molecule is NNc1c(F)cccc1C(=O)Nc1cc(F)c(F)c(F)c1. The van der Waals surface area contributed by atoms with Crippen molar-refractivity contribution >= 4 is 17.3 Å². The average molecular weight is 299 g/mol. The Morgan fingerprint density at radius 1 is 1.00 bits per heavy atom. The van der Waals surface area contributed by atoms with Gasteiger partial charge in [-0.25, -0.2) is 17.6 Å². The first kappa shape index (κ1) is 14.8. The minimum absolute atomic E-state index is 0.178. The quantitative estimate of drug-likeness (QED) is 0.353. The van der Waals surface area contributed by atoms with Crippen molar-refractivity contribution in [2.45, 2.75) is 0 Å². The fourth-order valence-electron chi connectivity index (χ4n) is 1.69. The lowest BCUT2D eigenvalue weighted by Crippen LogP contribution is -2.18. The van der Waals surface area contributed by atoms with Gasteiger partial charge in [0, 0.05) is 17.8 Å². The van der Waals surface area contributed by atoms with Gasteiger partial charge in [-0.3, -0.25) is 10.6 Å². The number of para-hydroxylation sites is 1. The van der Waals surface area contributed by atoms with Crippen LogP contribution in [0.15, 0.2) is 30.3 Å². The maximum Gasteiger partial charge on any atom is 0.257 e. The van der Waals surface area contributed by atoms with Gasteiger partial charge in [0.1, 0.15) is 5.82 Å². The van der Waals surface area contributed by atoms with E-state index in [-0.39, 0.29) is 16.9 Å². The molecule has 4 N–H and O–H groups in total. The number of nitrogens with two attached hydrogens (primary N) is 1. The zero-order valence-corrected chi connectivity index (χ0v) is 10.4. The van der Waals surface area contributed by atoms with Crippen LogP contribution in [0.3, 0.4) is 0 Å². The number of hydrazine groups is 1. The minimum Gasteiger partial charge on any atom is -0.322 e. The van der Waals surface area contributed by atoms with Crippen LogP contribution in [0.1, 0.15) is 10.4 Å². The van der Waals surface area contributed by atoms with Crippen molar-refractivity contribution in [1.29, 1.82) is 0 Å². The van der Waals surface area contributed by atoms with E-state index in [4.69, 9.17) is 5.84 Å². The molecule has 0 aliphatic carbocycles. The molecule has 0 aliphatic heterocycles. The number of hydrogen-bond donors (Lipinski definition) is 3. The Morgan fingerprint density at radius 2 is 1.62 bits per heavy atom. The van der Waals surface area contributed by atoms with Crippen LogP contribution >= 0.6 is 0 Å². The highest BCUT2D eigenvalue weighted by Crippen LogP contribution is 2.22. The zero-order valence-electron chi connectivity index (χ0n) is 10.4. The summed E-state index contributed by atoms with van der Waals surface area (Å²) in [5.41, 5.74) is 1.24. The molecule has 4 nitrogen and oxygen atoms in total. The summed E-state index contributed by atoms with van der Waals surface area (Å²) in [6.45, 7) is 0. The number of halogens is 4. The molecule has 0 atom stereocenters. The largest absolute Gasteiger partial charge is 0.322 e. The lowest BCUT2D eigenvalue weighted by molar-refractivity contribution is 0.102. The normalized spacial score (nSPS) is 10.3. The van der Waals surface area contributed by atoms with Gasteiger partial charge >= 0.3 is 0 Å². The highest BCUT2D eigenvalue weighted by molar-refractivity contribution is 6.08. The molecule has 2 rings (SSSR count). The number of hydrogen-bond acceptors (Lipinski definition) is 3. The summed E-state index contributed by atoms with van der Waals surface area (Å²) in [5, 5.41) is 2.12. The summed E-state index contributed by atoms with van der Waals surface area (Å²) < 4.78 is 52.3. The average Bonchev–Trinajstić information content (AvgIpc) is 2.44. The van der Waals surface area contributed by atoms with E-state index in [9.17, 15) is 22.4 Å². The molecule has 0 spiro atoms. The molecule has 1 amide bonds. The molecule has 0 saturated heterocycles. The summed E-state index contributed by atoms with van der Waals surface area (Å²) in [6.07, 6.45) is 0. The maximum absolute atomic E-state index is 13.4. The number of carbonyl (C=O) groups excluding carboxylic acids is 1. The van der Waals surface area contributed by atoms with Crippen molar-refractivity contribution < 1.29 is 22.4 Å². The third-order valence-corrected chi connectivity index (χ3v) is 2.64. The minimum atomic E-state index is -1.65. The van der Waals surface area contributed by atoms with Crippen LogP contribution in [-0.4, -0.2) is 5.91 Å². The van der Waals surface area contributed by atoms with Crippen molar-refractivity contribution in [3.8, 4) is 0 Å². The topological polar surface area (TPSA) is 67.1 Å². The standard InChI is InChI=1S/C13H9F4N3O/c14-8-3-1-2-7(12(8)20-18)13(21)19-6-4-9(15)11(17)10(16)5-6/h1-5,20H,18H2,(H,19,21). The number of amides is 1. The molecule has 0 aliphatic rings. The second-order valence-electron chi connectivity index (χ2n) is 4.01. The smallest absolute Gasteiger partial charge is 0.257 e. The van der Waals surface area contributed by atoms with Gasteiger partial charge in [-0.1, -0.05) is 6.07 Å². The summed E-state index contributed by atoms with van der Waals surface area (Å²) in [7, 11) is 0. The molecule has 0 aromatic heterocycles. The van der Waals surface area contributed by atoms with Gasteiger partial charge in [0.25, 0.3) is 5.91 Å². The number of carbonyl (C=O) groups is 1. The van der Waals surface area contributed by atoms with Crippen LogP contribution < -0.4 is 16.6 Å². The first-order chi connectivity index (χ1) is 9.93. The molecule has 21 heavy (non-hydrogen) atoms. The molecule has 0 heterocycles. The highest BCUT2D eigenvalue weighted by Gasteiger charge is 2.16. The second kappa shape index (κ2) is 5.80. The Kier molecular flexibility index (Phi) is 4.08. The first-order valence-corrected chi connectivity index (χ1v) is 5.65. The molecule has 2 aromatic carbocycles. The number of nitrogens with one attached hydrogen (secondary N) is 2. The van der Waals surface area contributed by atoms with Gasteiger partial charge in [0.2, 0.25) is 0 Å². The molecule has 0 bridgehead atoms.